The van der Waals surface area contributed by atoms with Crippen LogP contribution in [0.25, 0.3) is 0 Å². The van der Waals surface area contributed by atoms with Gasteiger partial charge in [0.1, 0.15) is 5.60 Å². The summed E-state index contributed by atoms with van der Waals surface area (Å²) in [7, 11) is 0. The van der Waals surface area contributed by atoms with Crippen LogP contribution in [0.4, 0.5) is 4.79 Å². The van der Waals surface area contributed by atoms with Gasteiger partial charge in [-0.2, -0.15) is 0 Å². The Morgan fingerprint density at radius 3 is 2.60 bits per heavy atom. The lowest BCUT2D eigenvalue weighted by atomic mass is 9.80. The van der Waals surface area contributed by atoms with E-state index in [4.69, 9.17) is 16.3 Å². The number of hydrogen-bond acceptors (Lipinski definition) is 3. The van der Waals surface area contributed by atoms with Crippen LogP contribution in [0.1, 0.15) is 32.8 Å². The molecule has 0 aromatic heterocycles. The molecule has 0 radical (unpaired) electrons. The first-order valence-electron chi connectivity index (χ1n) is 6.79. The van der Waals surface area contributed by atoms with Crippen molar-refractivity contribution in [2.75, 3.05) is 13.1 Å². The van der Waals surface area contributed by atoms with Crippen molar-refractivity contribution in [3.8, 4) is 0 Å². The van der Waals surface area contributed by atoms with Gasteiger partial charge < -0.3 is 15.4 Å². The van der Waals surface area contributed by atoms with Crippen molar-refractivity contribution in [1.29, 1.82) is 0 Å². The van der Waals surface area contributed by atoms with Gasteiger partial charge in [-0.15, -0.1) is 0 Å². The van der Waals surface area contributed by atoms with Crippen LogP contribution in [-0.4, -0.2) is 24.8 Å². The molecule has 1 atom stereocenters. The van der Waals surface area contributed by atoms with Crippen molar-refractivity contribution in [3.05, 3.63) is 34.9 Å². The highest BCUT2D eigenvalue weighted by molar-refractivity contribution is 6.31. The molecule has 1 fully saturated rings. The van der Waals surface area contributed by atoms with Crippen LogP contribution in [0.5, 0.6) is 0 Å². The molecule has 20 heavy (non-hydrogen) atoms. The van der Waals surface area contributed by atoms with Crippen LogP contribution in [0.3, 0.4) is 0 Å². The largest absolute Gasteiger partial charge is 0.444 e. The summed E-state index contributed by atoms with van der Waals surface area (Å²) in [5.74, 6) is 0. The normalized spacial score (nSPS) is 22.0. The Labute approximate surface area is 124 Å². The summed E-state index contributed by atoms with van der Waals surface area (Å²) < 4.78 is 5.26. The molecule has 0 saturated carbocycles. The number of rotatable bonds is 3. The SMILES string of the molecule is CC(C)(C)OC(=O)NCC1(c2ccccc2Cl)CCN1. The van der Waals surface area contributed by atoms with Crippen molar-refractivity contribution in [1.82, 2.24) is 10.6 Å². The molecule has 0 spiro atoms. The molecule has 1 aliphatic rings. The molecule has 4 nitrogen and oxygen atoms in total. The zero-order chi connectivity index (χ0) is 14.8. The van der Waals surface area contributed by atoms with Gasteiger partial charge >= 0.3 is 6.09 Å². The number of alkyl carbamates (subject to hydrolysis) is 1. The summed E-state index contributed by atoms with van der Waals surface area (Å²) in [4.78, 5) is 11.8. The third kappa shape index (κ3) is 3.44. The Kier molecular flexibility index (Phi) is 4.25. The molecule has 1 amide bonds. The van der Waals surface area contributed by atoms with Crippen LogP contribution in [-0.2, 0) is 10.3 Å². The Morgan fingerprint density at radius 1 is 1.45 bits per heavy atom. The number of nitrogens with one attached hydrogen (secondary N) is 2. The highest BCUT2D eigenvalue weighted by atomic mass is 35.5. The van der Waals surface area contributed by atoms with Crippen molar-refractivity contribution in [2.45, 2.75) is 38.3 Å². The molecule has 2 N–H and O–H groups in total. The average molecular weight is 297 g/mol. The van der Waals surface area contributed by atoms with E-state index in [-0.39, 0.29) is 5.54 Å². The second kappa shape index (κ2) is 5.62. The van der Waals surface area contributed by atoms with Crippen molar-refractivity contribution < 1.29 is 9.53 Å². The minimum absolute atomic E-state index is 0.282. The lowest BCUT2D eigenvalue weighted by Gasteiger charge is -2.44. The van der Waals surface area contributed by atoms with E-state index < -0.39 is 11.7 Å². The van der Waals surface area contributed by atoms with E-state index in [1.807, 2.05) is 45.0 Å². The standard InChI is InChI=1S/C15H21ClN2O2/c1-14(2,3)20-13(19)17-10-15(8-9-18-15)11-6-4-5-7-12(11)16/h4-7,18H,8-10H2,1-3H3,(H,17,19). The second-order valence-corrected chi connectivity index (χ2v) is 6.50. The molecular formula is C15H21ClN2O2. The predicted molar refractivity (Wildman–Crippen MR) is 80.0 cm³/mol. The van der Waals surface area contributed by atoms with Crippen LogP contribution < -0.4 is 10.6 Å². The molecule has 0 bridgehead atoms. The van der Waals surface area contributed by atoms with Crippen LogP contribution >= 0.6 is 11.6 Å². The minimum Gasteiger partial charge on any atom is -0.444 e. The zero-order valence-corrected chi connectivity index (χ0v) is 12.9. The third-order valence-electron chi connectivity index (χ3n) is 3.34. The van der Waals surface area contributed by atoms with Crippen LogP contribution in [0.2, 0.25) is 5.02 Å². The Balaban J connectivity index is 2.03. The van der Waals surface area contributed by atoms with Crippen LogP contribution in [0, 0.1) is 0 Å². The van der Waals surface area contributed by atoms with E-state index in [9.17, 15) is 4.79 Å². The first-order chi connectivity index (χ1) is 9.32. The number of carbonyl (C=O) groups is 1. The van der Waals surface area contributed by atoms with E-state index in [0.29, 0.717) is 11.6 Å². The molecule has 5 heteroatoms. The maximum atomic E-state index is 11.8. The molecule has 2 rings (SSSR count). The summed E-state index contributed by atoms with van der Waals surface area (Å²) >= 11 is 6.26. The van der Waals surface area contributed by atoms with E-state index in [1.165, 1.54) is 0 Å². The number of benzene rings is 1. The molecule has 0 aliphatic carbocycles. The van der Waals surface area contributed by atoms with Gasteiger partial charge in [0.25, 0.3) is 0 Å². The van der Waals surface area contributed by atoms with Crippen molar-refractivity contribution in [2.24, 2.45) is 0 Å². The molecular weight excluding hydrogens is 276 g/mol. The lowest BCUT2D eigenvalue weighted by Crippen LogP contribution is -2.60. The van der Waals surface area contributed by atoms with Gasteiger partial charge in [-0.05, 0) is 45.4 Å². The van der Waals surface area contributed by atoms with Crippen molar-refractivity contribution >= 4 is 17.7 Å². The van der Waals surface area contributed by atoms with Gasteiger partial charge in [0.15, 0.2) is 0 Å². The predicted octanol–water partition coefficient (Wildman–Crippen LogP) is 3.05. The number of hydrogen-bond donors (Lipinski definition) is 2. The quantitative estimate of drug-likeness (QED) is 0.901. The number of amides is 1. The van der Waals surface area contributed by atoms with E-state index >= 15 is 0 Å². The maximum absolute atomic E-state index is 11.8. The van der Waals surface area contributed by atoms with E-state index in [1.54, 1.807) is 0 Å². The number of carbonyl (C=O) groups excluding carboxylic acids is 1. The first-order valence-corrected chi connectivity index (χ1v) is 7.17. The third-order valence-corrected chi connectivity index (χ3v) is 3.67. The number of ether oxygens (including phenoxy) is 1. The molecule has 1 aliphatic heterocycles. The van der Waals surface area contributed by atoms with Gasteiger partial charge in [-0.1, -0.05) is 29.8 Å². The average Bonchev–Trinajstić information content (AvgIpc) is 2.27. The van der Waals surface area contributed by atoms with Gasteiger partial charge in [-0.3, -0.25) is 0 Å². The van der Waals surface area contributed by atoms with Gasteiger partial charge in [-0.25, -0.2) is 4.79 Å². The summed E-state index contributed by atoms with van der Waals surface area (Å²) in [5.41, 5.74) is 0.244. The van der Waals surface area contributed by atoms with Crippen molar-refractivity contribution in [3.63, 3.8) is 0 Å². The second-order valence-electron chi connectivity index (χ2n) is 6.09. The van der Waals surface area contributed by atoms with Gasteiger partial charge in [0, 0.05) is 11.6 Å². The van der Waals surface area contributed by atoms with Gasteiger partial charge in [0.2, 0.25) is 0 Å². The Bertz CT molecular complexity index is 493. The van der Waals surface area contributed by atoms with Gasteiger partial charge in [0.05, 0.1) is 5.54 Å². The van der Waals surface area contributed by atoms with Crippen LogP contribution in [0.15, 0.2) is 24.3 Å². The molecule has 1 heterocycles. The Morgan fingerprint density at radius 2 is 2.10 bits per heavy atom. The Hall–Kier alpha value is -1.26. The molecule has 1 unspecified atom stereocenters. The molecule has 1 aromatic carbocycles. The highest BCUT2D eigenvalue weighted by Crippen LogP contribution is 2.35. The summed E-state index contributed by atoms with van der Waals surface area (Å²) in [6, 6.07) is 7.72. The fourth-order valence-electron chi connectivity index (χ4n) is 2.29. The fraction of sp³-hybridized carbons (Fsp3) is 0.533. The minimum atomic E-state index is -0.491. The maximum Gasteiger partial charge on any atom is 0.407 e. The first kappa shape index (κ1) is 15.1. The monoisotopic (exact) mass is 296 g/mol. The smallest absolute Gasteiger partial charge is 0.407 e. The molecule has 110 valence electrons. The van der Waals surface area contributed by atoms with E-state index in [2.05, 4.69) is 10.6 Å². The molecule has 1 saturated heterocycles. The highest BCUT2D eigenvalue weighted by Gasteiger charge is 2.40. The summed E-state index contributed by atoms with van der Waals surface area (Å²) in [6.45, 7) is 6.92. The summed E-state index contributed by atoms with van der Waals surface area (Å²) in [5, 5.41) is 6.92. The fourth-order valence-corrected chi connectivity index (χ4v) is 2.61. The lowest BCUT2D eigenvalue weighted by molar-refractivity contribution is 0.0491. The number of halogens is 1. The molecule has 1 aromatic rings. The topological polar surface area (TPSA) is 50.4 Å². The summed E-state index contributed by atoms with van der Waals surface area (Å²) in [6.07, 6.45) is 0.532. The zero-order valence-electron chi connectivity index (χ0n) is 12.1. The van der Waals surface area contributed by atoms with E-state index in [0.717, 1.165) is 18.5 Å².